The van der Waals surface area contributed by atoms with Crippen LogP contribution in [-0.2, 0) is 16.0 Å². The van der Waals surface area contributed by atoms with Crippen LogP contribution in [0.15, 0.2) is 54.6 Å². The lowest BCUT2D eigenvalue weighted by atomic mass is 10.0. The van der Waals surface area contributed by atoms with Gasteiger partial charge in [-0.3, -0.25) is 9.59 Å². The number of nitrogens with one attached hydrogen (secondary N) is 1. The molecule has 2 aromatic rings. The lowest BCUT2D eigenvalue weighted by Gasteiger charge is -2.15. The molecule has 0 aliphatic heterocycles. The van der Waals surface area contributed by atoms with Gasteiger partial charge in [0.2, 0.25) is 11.8 Å². The first kappa shape index (κ1) is 16.7. The number of benzene rings is 2. The van der Waals surface area contributed by atoms with E-state index in [1.165, 1.54) is 6.92 Å². The molecule has 5 nitrogen and oxygen atoms in total. The molecule has 0 unspecified atom stereocenters. The van der Waals surface area contributed by atoms with E-state index in [4.69, 9.17) is 11.5 Å². The average molecular weight is 311 g/mol. The Bertz CT molecular complexity index is 668. The molecule has 5 N–H and O–H groups in total. The Hall–Kier alpha value is -2.66. The summed E-state index contributed by atoms with van der Waals surface area (Å²) < 4.78 is 0. The van der Waals surface area contributed by atoms with Gasteiger partial charge in [0.1, 0.15) is 6.04 Å². The molecule has 23 heavy (non-hydrogen) atoms. The van der Waals surface area contributed by atoms with Crippen LogP contribution < -0.4 is 16.8 Å². The zero-order valence-corrected chi connectivity index (χ0v) is 13.0. The minimum Gasteiger partial charge on any atom is -0.368 e. The van der Waals surface area contributed by atoms with Gasteiger partial charge in [0.25, 0.3) is 0 Å². The van der Waals surface area contributed by atoms with Crippen molar-refractivity contribution >= 4 is 11.8 Å². The maximum Gasteiger partial charge on any atom is 0.239 e. The Morgan fingerprint density at radius 1 is 1.00 bits per heavy atom. The van der Waals surface area contributed by atoms with Crippen LogP contribution in [0.5, 0.6) is 0 Å². The molecule has 0 aliphatic carbocycles. The molecule has 2 amide bonds. The molecule has 0 spiro atoms. The van der Waals surface area contributed by atoms with Crippen LogP contribution in [0.25, 0.3) is 11.1 Å². The predicted octanol–water partition coefficient (Wildman–Crippen LogP) is 1.21. The maximum absolute atomic E-state index is 11.9. The summed E-state index contributed by atoms with van der Waals surface area (Å²) in [6.07, 6.45) is 0.395. The summed E-state index contributed by atoms with van der Waals surface area (Å²) in [7, 11) is 0. The van der Waals surface area contributed by atoms with Gasteiger partial charge in [-0.1, -0.05) is 54.6 Å². The van der Waals surface area contributed by atoms with E-state index in [0.29, 0.717) is 6.42 Å². The molecule has 2 rings (SSSR count). The van der Waals surface area contributed by atoms with Crippen LogP contribution in [0.2, 0.25) is 0 Å². The molecule has 0 aliphatic rings. The molecular weight excluding hydrogens is 290 g/mol. The van der Waals surface area contributed by atoms with Crippen LogP contribution in [0.4, 0.5) is 0 Å². The van der Waals surface area contributed by atoms with Crippen LogP contribution in [0.1, 0.15) is 12.5 Å². The van der Waals surface area contributed by atoms with Gasteiger partial charge in [0.05, 0.1) is 6.04 Å². The summed E-state index contributed by atoms with van der Waals surface area (Å²) >= 11 is 0. The Labute approximate surface area is 135 Å². The number of hydrogen-bond donors (Lipinski definition) is 3. The van der Waals surface area contributed by atoms with Crippen molar-refractivity contribution in [2.75, 3.05) is 0 Å². The normalized spacial score (nSPS) is 13.1. The first-order valence-electron chi connectivity index (χ1n) is 7.47. The van der Waals surface area contributed by atoms with Crippen molar-refractivity contribution in [1.29, 1.82) is 0 Å². The van der Waals surface area contributed by atoms with Gasteiger partial charge in [-0.15, -0.1) is 0 Å². The lowest BCUT2D eigenvalue weighted by Crippen LogP contribution is -2.49. The summed E-state index contributed by atoms with van der Waals surface area (Å²) in [6, 6.07) is 16.5. The van der Waals surface area contributed by atoms with Gasteiger partial charge in [0, 0.05) is 0 Å². The van der Waals surface area contributed by atoms with Crippen molar-refractivity contribution in [2.24, 2.45) is 11.5 Å². The molecular formula is C18H21N3O2. The molecule has 2 aromatic carbocycles. The largest absolute Gasteiger partial charge is 0.368 e. The number of hydrogen-bond acceptors (Lipinski definition) is 3. The second-order valence-electron chi connectivity index (χ2n) is 5.51. The molecule has 0 aromatic heterocycles. The third-order valence-electron chi connectivity index (χ3n) is 3.64. The van der Waals surface area contributed by atoms with Crippen molar-refractivity contribution < 1.29 is 9.59 Å². The fraction of sp³-hybridized carbons (Fsp3) is 0.222. The van der Waals surface area contributed by atoms with Gasteiger partial charge < -0.3 is 16.8 Å². The van der Waals surface area contributed by atoms with E-state index in [2.05, 4.69) is 5.32 Å². The van der Waals surface area contributed by atoms with Crippen LogP contribution in [-0.4, -0.2) is 23.9 Å². The molecule has 2 atom stereocenters. The number of carbonyl (C=O) groups is 2. The lowest BCUT2D eigenvalue weighted by molar-refractivity contribution is -0.127. The molecule has 0 saturated carbocycles. The van der Waals surface area contributed by atoms with Gasteiger partial charge in [-0.25, -0.2) is 0 Å². The van der Waals surface area contributed by atoms with Crippen LogP contribution >= 0.6 is 0 Å². The first-order valence-corrected chi connectivity index (χ1v) is 7.47. The topological polar surface area (TPSA) is 98.2 Å². The molecule has 0 heterocycles. The Kier molecular flexibility index (Phi) is 5.49. The number of primary amides is 1. The van der Waals surface area contributed by atoms with Crippen molar-refractivity contribution in [2.45, 2.75) is 25.4 Å². The summed E-state index contributed by atoms with van der Waals surface area (Å²) in [5.74, 6) is -0.971. The quantitative estimate of drug-likeness (QED) is 0.748. The van der Waals surface area contributed by atoms with Crippen LogP contribution in [0.3, 0.4) is 0 Å². The summed E-state index contributed by atoms with van der Waals surface area (Å²) in [5.41, 5.74) is 14.2. The summed E-state index contributed by atoms with van der Waals surface area (Å²) in [6.45, 7) is 1.53. The van der Waals surface area contributed by atoms with E-state index < -0.39 is 18.0 Å². The summed E-state index contributed by atoms with van der Waals surface area (Å²) in [4.78, 5) is 22.9. The smallest absolute Gasteiger partial charge is 0.239 e. The standard InChI is InChI=1S/C18H21N3O2/c1-12(17(20)22)21-18(23)16(19)11-13-7-9-15(10-8-13)14-5-3-2-4-6-14/h2-10,12,16H,11,19H2,1H3,(H2,20,22)(H,21,23)/t12-,16-/m0/s1. The molecule has 0 bridgehead atoms. The zero-order chi connectivity index (χ0) is 16.8. The van der Waals surface area contributed by atoms with E-state index in [9.17, 15) is 9.59 Å². The maximum atomic E-state index is 11.9. The van der Waals surface area contributed by atoms with Crippen molar-refractivity contribution in [3.63, 3.8) is 0 Å². The Morgan fingerprint density at radius 3 is 2.13 bits per heavy atom. The minimum absolute atomic E-state index is 0.386. The number of carbonyl (C=O) groups excluding carboxylic acids is 2. The van der Waals surface area contributed by atoms with Crippen molar-refractivity contribution in [3.8, 4) is 11.1 Å². The number of amides is 2. The monoisotopic (exact) mass is 311 g/mol. The highest BCUT2D eigenvalue weighted by molar-refractivity contribution is 5.88. The fourth-order valence-electron chi connectivity index (χ4n) is 2.20. The average Bonchev–Trinajstić information content (AvgIpc) is 2.56. The highest BCUT2D eigenvalue weighted by Gasteiger charge is 2.18. The number of rotatable bonds is 6. The molecule has 0 fully saturated rings. The highest BCUT2D eigenvalue weighted by Crippen LogP contribution is 2.19. The molecule has 0 saturated heterocycles. The van der Waals surface area contributed by atoms with Crippen LogP contribution in [0, 0.1) is 0 Å². The highest BCUT2D eigenvalue weighted by atomic mass is 16.2. The summed E-state index contributed by atoms with van der Waals surface area (Å²) in [5, 5.41) is 2.50. The van der Waals surface area contributed by atoms with Gasteiger partial charge in [0.15, 0.2) is 0 Å². The van der Waals surface area contributed by atoms with E-state index in [1.807, 2.05) is 54.6 Å². The minimum atomic E-state index is -0.728. The van der Waals surface area contributed by atoms with E-state index in [0.717, 1.165) is 16.7 Å². The number of nitrogens with two attached hydrogens (primary N) is 2. The fourth-order valence-corrected chi connectivity index (χ4v) is 2.20. The third-order valence-corrected chi connectivity index (χ3v) is 3.64. The molecule has 5 heteroatoms. The van der Waals surface area contributed by atoms with E-state index >= 15 is 0 Å². The second-order valence-corrected chi connectivity index (χ2v) is 5.51. The van der Waals surface area contributed by atoms with E-state index in [-0.39, 0.29) is 5.91 Å². The molecule has 0 radical (unpaired) electrons. The first-order chi connectivity index (χ1) is 11.0. The molecule has 120 valence electrons. The Balaban J connectivity index is 1.98. The SMILES string of the molecule is C[C@H](NC(=O)[C@@H](N)Cc1ccc(-c2ccccc2)cc1)C(N)=O. The zero-order valence-electron chi connectivity index (χ0n) is 13.0. The Morgan fingerprint density at radius 2 is 1.57 bits per heavy atom. The third kappa shape index (κ3) is 4.66. The van der Waals surface area contributed by atoms with Gasteiger partial charge in [-0.2, -0.15) is 0 Å². The van der Waals surface area contributed by atoms with Crippen molar-refractivity contribution in [3.05, 3.63) is 60.2 Å². The predicted molar refractivity (Wildman–Crippen MR) is 90.4 cm³/mol. The van der Waals surface area contributed by atoms with Gasteiger partial charge >= 0.3 is 0 Å². The second kappa shape index (κ2) is 7.56. The van der Waals surface area contributed by atoms with Gasteiger partial charge in [-0.05, 0) is 30.0 Å². The van der Waals surface area contributed by atoms with E-state index in [1.54, 1.807) is 0 Å². The van der Waals surface area contributed by atoms with Crippen molar-refractivity contribution in [1.82, 2.24) is 5.32 Å².